The first kappa shape index (κ1) is 23.5. The number of piperazine rings is 1. The van der Waals surface area contributed by atoms with E-state index in [1.165, 1.54) is 10.4 Å². The molecular formula is C24H31N3O5S. The molecule has 1 saturated heterocycles. The van der Waals surface area contributed by atoms with Crippen LogP contribution in [0.25, 0.3) is 0 Å². The van der Waals surface area contributed by atoms with Crippen molar-refractivity contribution in [3.05, 3.63) is 54.1 Å². The van der Waals surface area contributed by atoms with Crippen LogP contribution in [-0.2, 0) is 14.8 Å². The third kappa shape index (κ3) is 5.66. The minimum atomic E-state index is -3.64. The Hall–Kier alpha value is -2.62. The summed E-state index contributed by atoms with van der Waals surface area (Å²) < 4.78 is 38.7. The molecule has 1 fully saturated rings. The highest BCUT2D eigenvalue weighted by Gasteiger charge is 2.30. The number of nitrogens with zero attached hydrogens (tertiary/aromatic N) is 2. The van der Waals surface area contributed by atoms with Gasteiger partial charge in [-0.15, -0.1) is 0 Å². The van der Waals surface area contributed by atoms with E-state index < -0.39 is 10.0 Å². The van der Waals surface area contributed by atoms with E-state index in [0.717, 1.165) is 18.4 Å². The van der Waals surface area contributed by atoms with Gasteiger partial charge in [0.2, 0.25) is 15.9 Å². The number of rotatable bonds is 8. The summed E-state index contributed by atoms with van der Waals surface area (Å²) in [4.78, 5) is 14.9. The van der Waals surface area contributed by atoms with Gasteiger partial charge in [0.25, 0.3) is 0 Å². The zero-order valence-corrected chi connectivity index (χ0v) is 19.7. The van der Waals surface area contributed by atoms with E-state index in [4.69, 9.17) is 9.47 Å². The first-order chi connectivity index (χ1) is 16.0. The Morgan fingerprint density at radius 3 is 2.39 bits per heavy atom. The van der Waals surface area contributed by atoms with Crippen LogP contribution in [0, 0.1) is 0 Å². The monoisotopic (exact) mass is 473 g/mol. The first-order valence-electron chi connectivity index (χ1n) is 11.4. The van der Waals surface area contributed by atoms with Crippen molar-refractivity contribution < 1.29 is 22.7 Å². The van der Waals surface area contributed by atoms with Crippen molar-refractivity contribution in [2.75, 3.05) is 45.9 Å². The lowest BCUT2D eigenvalue weighted by molar-refractivity contribution is -0.123. The van der Waals surface area contributed by atoms with Crippen molar-refractivity contribution in [1.82, 2.24) is 14.5 Å². The lowest BCUT2D eigenvalue weighted by atomic mass is 10.0. The Morgan fingerprint density at radius 1 is 1.00 bits per heavy atom. The maximum atomic E-state index is 13.1. The Labute approximate surface area is 195 Å². The van der Waals surface area contributed by atoms with Gasteiger partial charge in [0.05, 0.1) is 17.5 Å². The summed E-state index contributed by atoms with van der Waals surface area (Å²) in [7, 11) is -3.64. The molecule has 4 rings (SSSR count). The third-order valence-corrected chi connectivity index (χ3v) is 7.86. The van der Waals surface area contributed by atoms with Crippen LogP contribution in [0.5, 0.6) is 11.5 Å². The highest BCUT2D eigenvalue weighted by molar-refractivity contribution is 7.89. The molecule has 1 unspecified atom stereocenters. The van der Waals surface area contributed by atoms with E-state index in [9.17, 15) is 13.2 Å². The predicted molar refractivity (Wildman–Crippen MR) is 125 cm³/mol. The maximum absolute atomic E-state index is 13.1. The number of fused-ring (bicyclic) bond motifs is 1. The van der Waals surface area contributed by atoms with Crippen molar-refractivity contribution in [2.45, 2.75) is 30.7 Å². The Bertz CT molecular complexity index is 1050. The van der Waals surface area contributed by atoms with Crippen LogP contribution < -0.4 is 14.8 Å². The van der Waals surface area contributed by atoms with Crippen molar-refractivity contribution >= 4 is 15.9 Å². The standard InChI is InChI=1S/C24H31N3O5S/c1-2-6-21(19-7-4-3-5-8-19)25-24(28)18-26-11-13-27(14-12-26)33(29,30)20-9-10-22-23(17-20)32-16-15-31-22/h3-5,7-10,17,21H,2,6,11-16,18H2,1H3,(H,25,28). The van der Waals surface area contributed by atoms with Gasteiger partial charge < -0.3 is 14.8 Å². The van der Waals surface area contributed by atoms with Gasteiger partial charge >= 0.3 is 0 Å². The number of hydrogen-bond donors (Lipinski definition) is 1. The second kappa shape index (κ2) is 10.5. The van der Waals surface area contributed by atoms with Crippen LogP contribution in [0.15, 0.2) is 53.4 Å². The molecule has 2 heterocycles. The molecule has 0 spiro atoms. The van der Waals surface area contributed by atoms with E-state index in [-0.39, 0.29) is 23.4 Å². The lowest BCUT2D eigenvalue weighted by Gasteiger charge is -2.34. The van der Waals surface area contributed by atoms with Crippen LogP contribution in [-0.4, -0.2) is 69.5 Å². The fraction of sp³-hybridized carbons (Fsp3) is 0.458. The second-order valence-corrected chi connectivity index (χ2v) is 10.2. The largest absolute Gasteiger partial charge is 0.486 e. The Balaban J connectivity index is 1.32. The summed E-state index contributed by atoms with van der Waals surface area (Å²) in [5.41, 5.74) is 1.10. The lowest BCUT2D eigenvalue weighted by Crippen LogP contribution is -2.51. The molecule has 0 aromatic heterocycles. The molecule has 8 nitrogen and oxygen atoms in total. The Morgan fingerprint density at radius 2 is 1.70 bits per heavy atom. The third-order valence-electron chi connectivity index (χ3n) is 5.96. The topological polar surface area (TPSA) is 88.2 Å². The van der Waals surface area contributed by atoms with Crippen molar-refractivity contribution in [2.24, 2.45) is 0 Å². The van der Waals surface area contributed by atoms with E-state index in [1.54, 1.807) is 12.1 Å². The van der Waals surface area contributed by atoms with Gasteiger partial charge in [-0.25, -0.2) is 8.42 Å². The molecule has 2 aromatic carbocycles. The smallest absolute Gasteiger partial charge is 0.243 e. The number of carbonyl (C=O) groups excluding carboxylic acids is 1. The van der Waals surface area contributed by atoms with Crippen molar-refractivity contribution in [1.29, 1.82) is 0 Å². The summed E-state index contributed by atoms with van der Waals surface area (Å²) in [6.45, 7) is 4.89. The zero-order valence-electron chi connectivity index (χ0n) is 18.9. The van der Waals surface area contributed by atoms with Crippen molar-refractivity contribution in [3.63, 3.8) is 0 Å². The maximum Gasteiger partial charge on any atom is 0.243 e. The molecule has 0 bridgehead atoms. The first-order valence-corrected chi connectivity index (χ1v) is 12.9. The summed E-state index contributed by atoms with van der Waals surface area (Å²) in [6, 6.07) is 14.7. The van der Waals surface area contributed by atoms with E-state index in [1.807, 2.05) is 35.2 Å². The van der Waals surface area contributed by atoms with Crippen LogP contribution >= 0.6 is 0 Å². The van der Waals surface area contributed by atoms with Crippen molar-refractivity contribution in [3.8, 4) is 11.5 Å². The SMILES string of the molecule is CCCC(NC(=O)CN1CCN(S(=O)(=O)c2ccc3c(c2)OCCO3)CC1)c1ccccc1. The average Bonchev–Trinajstić information content (AvgIpc) is 2.84. The number of nitrogens with one attached hydrogen (secondary N) is 1. The van der Waals surface area contributed by atoms with Gasteiger partial charge in [-0.1, -0.05) is 43.7 Å². The second-order valence-electron chi connectivity index (χ2n) is 8.31. The van der Waals surface area contributed by atoms with Gasteiger partial charge in [0, 0.05) is 32.2 Å². The number of sulfonamides is 1. The normalized spacial score (nSPS) is 18.0. The molecule has 2 aliphatic rings. The molecule has 1 atom stereocenters. The molecule has 1 N–H and O–H groups in total. The van der Waals surface area contributed by atoms with E-state index in [2.05, 4.69) is 12.2 Å². The number of benzene rings is 2. The van der Waals surface area contributed by atoms with Gasteiger partial charge in [-0.2, -0.15) is 4.31 Å². The highest BCUT2D eigenvalue weighted by atomic mass is 32.2. The molecular weight excluding hydrogens is 442 g/mol. The van der Waals surface area contributed by atoms with Crippen LogP contribution in [0.1, 0.15) is 31.4 Å². The zero-order chi connectivity index (χ0) is 23.3. The predicted octanol–water partition coefficient (Wildman–Crippen LogP) is 2.42. The number of amides is 1. The minimum absolute atomic E-state index is 0.0134. The summed E-state index contributed by atoms with van der Waals surface area (Å²) >= 11 is 0. The molecule has 33 heavy (non-hydrogen) atoms. The fourth-order valence-corrected chi connectivity index (χ4v) is 5.64. The van der Waals surface area contributed by atoms with E-state index in [0.29, 0.717) is 50.9 Å². The van der Waals surface area contributed by atoms with Crippen LogP contribution in [0.2, 0.25) is 0 Å². The summed E-state index contributed by atoms with van der Waals surface area (Å²) in [5.74, 6) is 0.978. The van der Waals surface area contributed by atoms with E-state index >= 15 is 0 Å². The molecule has 1 amide bonds. The van der Waals surface area contributed by atoms with Gasteiger partial charge in [0.15, 0.2) is 11.5 Å². The van der Waals surface area contributed by atoms with Gasteiger partial charge in [-0.3, -0.25) is 9.69 Å². The number of hydrogen-bond acceptors (Lipinski definition) is 6. The van der Waals surface area contributed by atoms with Gasteiger partial charge in [-0.05, 0) is 24.1 Å². The molecule has 9 heteroatoms. The molecule has 2 aromatic rings. The molecule has 2 aliphatic heterocycles. The summed E-state index contributed by atoms with van der Waals surface area (Å²) in [6.07, 6.45) is 1.84. The van der Waals surface area contributed by atoms with Gasteiger partial charge in [0.1, 0.15) is 13.2 Å². The highest BCUT2D eigenvalue weighted by Crippen LogP contribution is 2.33. The Kier molecular flexibility index (Phi) is 7.52. The number of ether oxygens (including phenoxy) is 2. The summed E-state index contributed by atoms with van der Waals surface area (Å²) in [5, 5.41) is 3.14. The van der Waals surface area contributed by atoms with Crippen LogP contribution in [0.4, 0.5) is 0 Å². The quantitative estimate of drug-likeness (QED) is 0.634. The minimum Gasteiger partial charge on any atom is -0.486 e. The molecule has 178 valence electrons. The average molecular weight is 474 g/mol. The molecule has 0 radical (unpaired) electrons. The van der Waals surface area contributed by atoms with Crippen LogP contribution in [0.3, 0.4) is 0 Å². The fourth-order valence-electron chi connectivity index (χ4n) is 4.20. The molecule has 0 saturated carbocycles. The number of carbonyl (C=O) groups is 1. The molecule has 0 aliphatic carbocycles.